The van der Waals surface area contributed by atoms with E-state index in [9.17, 15) is 0 Å². The molecule has 0 spiro atoms. The molecule has 1 N–H and O–H groups in total. The second-order valence-electron chi connectivity index (χ2n) is 6.46. The highest BCUT2D eigenvalue weighted by molar-refractivity contribution is 5.49. The molecule has 0 aliphatic rings. The zero-order chi connectivity index (χ0) is 15.3. The quantitative estimate of drug-likeness (QED) is 0.861. The molecule has 1 unspecified atom stereocenters. The fourth-order valence-corrected chi connectivity index (χ4v) is 1.94. The van der Waals surface area contributed by atoms with Crippen molar-refractivity contribution in [1.29, 1.82) is 0 Å². The summed E-state index contributed by atoms with van der Waals surface area (Å²) in [5, 5.41) is 3.36. The van der Waals surface area contributed by atoms with Crippen LogP contribution in [0.3, 0.4) is 0 Å². The number of anilines is 2. The zero-order valence-corrected chi connectivity index (χ0v) is 14.1. The molecule has 1 aromatic heterocycles. The van der Waals surface area contributed by atoms with Crippen LogP contribution in [0.15, 0.2) is 6.07 Å². The second-order valence-corrected chi connectivity index (χ2v) is 6.46. The van der Waals surface area contributed by atoms with Crippen molar-refractivity contribution in [2.24, 2.45) is 5.41 Å². The average Bonchev–Trinajstić information content (AvgIpc) is 2.41. The third kappa shape index (κ3) is 4.36. The highest BCUT2D eigenvalue weighted by atomic mass is 15.2. The molecule has 1 aromatic rings. The van der Waals surface area contributed by atoms with E-state index in [1.807, 2.05) is 0 Å². The number of hydrogen-bond donors (Lipinski definition) is 1. The van der Waals surface area contributed by atoms with Gasteiger partial charge in [-0.05, 0) is 18.8 Å². The molecule has 0 fully saturated rings. The first kappa shape index (κ1) is 16.7. The minimum atomic E-state index is 0.211. The van der Waals surface area contributed by atoms with E-state index in [2.05, 4.69) is 74.8 Å². The van der Waals surface area contributed by atoms with E-state index in [-0.39, 0.29) is 5.41 Å². The first-order valence-electron chi connectivity index (χ1n) is 7.64. The smallest absolute Gasteiger partial charge is 0.134 e. The molecule has 0 radical (unpaired) electrons. The van der Waals surface area contributed by atoms with Crippen molar-refractivity contribution in [3.8, 4) is 0 Å². The van der Waals surface area contributed by atoms with Gasteiger partial charge < -0.3 is 10.2 Å². The predicted octanol–water partition coefficient (Wildman–Crippen LogP) is 3.73. The van der Waals surface area contributed by atoms with Gasteiger partial charge >= 0.3 is 0 Å². The zero-order valence-electron chi connectivity index (χ0n) is 14.1. The Bertz CT molecular complexity index is 423. The van der Waals surface area contributed by atoms with E-state index in [0.717, 1.165) is 36.8 Å². The van der Waals surface area contributed by atoms with Gasteiger partial charge in [-0.15, -0.1) is 0 Å². The van der Waals surface area contributed by atoms with E-state index in [1.54, 1.807) is 0 Å². The number of aromatic nitrogens is 2. The minimum Gasteiger partial charge on any atom is -0.370 e. The molecule has 20 heavy (non-hydrogen) atoms. The van der Waals surface area contributed by atoms with Gasteiger partial charge in [0.15, 0.2) is 0 Å². The number of nitrogens with one attached hydrogen (secondary N) is 1. The second kappa shape index (κ2) is 6.91. The molecule has 4 heteroatoms. The first-order chi connectivity index (χ1) is 9.29. The molecule has 0 amide bonds. The molecular formula is C16H30N4. The number of nitrogens with zero attached hydrogens (tertiary/aromatic N) is 3. The normalized spacial score (nSPS) is 13.2. The summed E-state index contributed by atoms with van der Waals surface area (Å²) in [5.74, 6) is 2.83. The average molecular weight is 278 g/mol. The molecular weight excluding hydrogens is 248 g/mol. The van der Waals surface area contributed by atoms with Gasteiger partial charge in [0.05, 0.1) is 0 Å². The molecule has 114 valence electrons. The molecule has 0 aromatic carbocycles. The highest BCUT2D eigenvalue weighted by Gasteiger charge is 2.25. The Morgan fingerprint density at radius 2 is 1.90 bits per heavy atom. The molecule has 0 saturated heterocycles. The lowest BCUT2D eigenvalue weighted by Gasteiger charge is -2.36. The van der Waals surface area contributed by atoms with E-state index in [4.69, 9.17) is 0 Å². The van der Waals surface area contributed by atoms with Crippen LogP contribution in [0.4, 0.5) is 11.6 Å². The van der Waals surface area contributed by atoms with E-state index >= 15 is 0 Å². The maximum Gasteiger partial charge on any atom is 0.134 e. The SMILES string of the molecule is CCCNc1cc(N(C)C(C)C(C)(C)C)nc(CC)n1. The fraction of sp³-hybridized carbons (Fsp3) is 0.750. The van der Waals surface area contributed by atoms with Crippen molar-refractivity contribution in [3.05, 3.63) is 11.9 Å². The third-order valence-corrected chi connectivity index (χ3v) is 3.83. The van der Waals surface area contributed by atoms with Crippen LogP contribution < -0.4 is 10.2 Å². The summed E-state index contributed by atoms with van der Waals surface area (Å²) in [6, 6.07) is 2.46. The van der Waals surface area contributed by atoms with Gasteiger partial charge in [0.1, 0.15) is 17.5 Å². The van der Waals surface area contributed by atoms with Crippen LogP contribution in [0.25, 0.3) is 0 Å². The largest absolute Gasteiger partial charge is 0.370 e. The van der Waals surface area contributed by atoms with Gasteiger partial charge in [0, 0.05) is 32.1 Å². The fourth-order valence-electron chi connectivity index (χ4n) is 1.94. The molecule has 0 bridgehead atoms. The molecule has 4 nitrogen and oxygen atoms in total. The van der Waals surface area contributed by atoms with Crippen LogP contribution >= 0.6 is 0 Å². The highest BCUT2D eigenvalue weighted by Crippen LogP contribution is 2.27. The van der Waals surface area contributed by atoms with Crippen LogP contribution in [0.2, 0.25) is 0 Å². The van der Waals surface area contributed by atoms with Crippen LogP contribution in [0, 0.1) is 5.41 Å². The standard InChI is InChI=1S/C16H30N4/c1-8-10-17-14-11-15(19-13(9-2)18-14)20(7)12(3)16(4,5)6/h11-12H,8-10H2,1-7H3,(H,17,18,19). The molecule has 0 aliphatic carbocycles. The lowest BCUT2D eigenvalue weighted by atomic mass is 9.87. The summed E-state index contributed by atoms with van der Waals surface area (Å²) in [4.78, 5) is 11.5. The Morgan fingerprint density at radius 3 is 2.40 bits per heavy atom. The lowest BCUT2D eigenvalue weighted by Crippen LogP contribution is -2.40. The third-order valence-electron chi connectivity index (χ3n) is 3.83. The number of aryl methyl sites for hydroxylation is 1. The van der Waals surface area contributed by atoms with Gasteiger partial charge in [-0.25, -0.2) is 9.97 Å². The predicted molar refractivity (Wildman–Crippen MR) is 87.5 cm³/mol. The molecule has 1 rings (SSSR count). The van der Waals surface area contributed by atoms with Crippen LogP contribution in [-0.2, 0) is 6.42 Å². The first-order valence-corrected chi connectivity index (χ1v) is 7.64. The van der Waals surface area contributed by atoms with E-state index < -0.39 is 0 Å². The summed E-state index contributed by atoms with van der Waals surface area (Å²) in [5.41, 5.74) is 0.211. The van der Waals surface area contributed by atoms with Gasteiger partial charge in [0.25, 0.3) is 0 Å². The van der Waals surface area contributed by atoms with E-state index in [1.165, 1.54) is 0 Å². The topological polar surface area (TPSA) is 41.0 Å². The summed E-state index contributed by atoms with van der Waals surface area (Å²) in [7, 11) is 2.11. The minimum absolute atomic E-state index is 0.211. The van der Waals surface area contributed by atoms with E-state index in [0.29, 0.717) is 6.04 Å². The van der Waals surface area contributed by atoms with Gasteiger partial charge in [-0.1, -0.05) is 34.6 Å². The maximum absolute atomic E-state index is 4.67. The maximum atomic E-state index is 4.67. The summed E-state index contributed by atoms with van der Waals surface area (Å²) in [6.07, 6.45) is 1.95. The van der Waals surface area contributed by atoms with Crippen LogP contribution in [0.5, 0.6) is 0 Å². The summed E-state index contributed by atoms with van der Waals surface area (Å²) >= 11 is 0. The summed E-state index contributed by atoms with van der Waals surface area (Å²) in [6.45, 7) is 14.2. The Balaban J connectivity index is 3.03. The van der Waals surface area contributed by atoms with Crippen molar-refractivity contribution < 1.29 is 0 Å². The number of rotatable bonds is 6. The van der Waals surface area contributed by atoms with Crippen LogP contribution in [0.1, 0.15) is 53.8 Å². The molecule has 0 aliphatic heterocycles. The Morgan fingerprint density at radius 1 is 1.25 bits per heavy atom. The lowest BCUT2D eigenvalue weighted by molar-refractivity contribution is 0.328. The molecule has 0 saturated carbocycles. The molecule has 1 atom stereocenters. The van der Waals surface area contributed by atoms with Crippen molar-refractivity contribution >= 4 is 11.6 Å². The van der Waals surface area contributed by atoms with Crippen LogP contribution in [-0.4, -0.2) is 29.6 Å². The van der Waals surface area contributed by atoms with Crippen molar-refractivity contribution in [2.45, 2.75) is 60.4 Å². The monoisotopic (exact) mass is 278 g/mol. The van der Waals surface area contributed by atoms with Crippen molar-refractivity contribution in [3.63, 3.8) is 0 Å². The number of hydrogen-bond acceptors (Lipinski definition) is 4. The van der Waals surface area contributed by atoms with Gasteiger partial charge in [0.2, 0.25) is 0 Å². The Kier molecular flexibility index (Phi) is 5.78. The van der Waals surface area contributed by atoms with Crippen molar-refractivity contribution in [2.75, 3.05) is 23.8 Å². The van der Waals surface area contributed by atoms with Gasteiger partial charge in [-0.3, -0.25) is 0 Å². The van der Waals surface area contributed by atoms with Crippen molar-refractivity contribution in [1.82, 2.24) is 9.97 Å². The summed E-state index contributed by atoms with van der Waals surface area (Å²) < 4.78 is 0. The Hall–Kier alpha value is -1.32. The Labute approximate surface area is 124 Å². The molecule has 1 heterocycles. The van der Waals surface area contributed by atoms with Gasteiger partial charge in [-0.2, -0.15) is 0 Å².